The van der Waals surface area contributed by atoms with Crippen LogP contribution in [0.4, 0.5) is 0 Å². The van der Waals surface area contributed by atoms with Crippen LogP contribution in [0.3, 0.4) is 0 Å². The predicted octanol–water partition coefficient (Wildman–Crippen LogP) is 1.41. The fourth-order valence-electron chi connectivity index (χ4n) is 4.66. The van der Waals surface area contributed by atoms with Crippen LogP contribution in [-0.2, 0) is 4.79 Å². The van der Waals surface area contributed by atoms with Gasteiger partial charge in [0.2, 0.25) is 0 Å². The second-order valence-corrected chi connectivity index (χ2v) is 9.75. The molecule has 1 unspecified atom stereocenters. The molecule has 4 N–H and O–H groups in total. The van der Waals surface area contributed by atoms with Crippen molar-refractivity contribution in [3.63, 3.8) is 0 Å². The number of amides is 2. The zero-order valence-corrected chi connectivity index (χ0v) is 21.0. The van der Waals surface area contributed by atoms with E-state index in [-0.39, 0.29) is 13.1 Å². The van der Waals surface area contributed by atoms with Crippen molar-refractivity contribution in [1.82, 2.24) is 25.2 Å². The van der Waals surface area contributed by atoms with E-state index in [0.717, 1.165) is 18.4 Å². The first kappa shape index (κ1) is 25.0. The Morgan fingerprint density at radius 2 is 2.05 bits per heavy atom. The second-order valence-electron chi connectivity index (χ2n) is 9.75. The molecule has 1 aliphatic carbocycles. The van der Waals surface area contributed by atoms with E-state index in [1.54, 1.807) is 14.0 Å². The molecular formula is C26H31N5O6. The third kappa shape index (κ3) is 4.96. The summed E-state index contributed by atoms with van der Waals surface area (Å²) in [6.45, 7) is 3.91. The van der Waals surface area contributed by atoms with Gasteiger partial charge in [-0.25, -0.2) is 9.97 Å². The summed E-state index contributed by atoms with van der Waals surface area (Å²) >= 11 is 0. The van der Waals surface area contributed by atoms with Gasteiger partial charge < -0.3 is 34.9 Å². The maximum absolute atomic E-state index is 13.4. The van der Waals surface area contributed by atoms with Crippen molar-refractivity contribution in [3.05, 3.63) is 35.8 Å². The summed E-state index contributed by atoms with van der Waals surface area (Å²) in [4.78, 5) is 39.0. The van der Waals surface area contributed by atoms with E-state index < -0.39 is 30.1 Å². The molecule has 0 bridgehead atoms. The lowest BCUT2D eigenvalue weighted by atomic mass is 10.1. The molecule has 5 rings (SSSR count). The molecule has 1 aromatic carbocycles. The van der Waals surface area contributed by atoms with Crippen molar-refractivity contribution in [2.45, 2.75) is 44.9 Å². The smallest absolute Gasteiger partial charge is 0.255 e. The number of nitrogens with zero attached hydrogens (tertiary/aromatic N) is 3. The molecule has 0 radical (unpaired) electrons. The third-order valence-electron chi connectivity index (χ3n) is 6.89. The minimum absolute atomic E-state index is 0.0351. The van der Waals surface area contributed by atoms with E-state index in [9.17, 15) is 19.8 Å². The van der Waals surface area contributed by atoms with Crippen LogP contribution in [0.2, 0.25) is 0 Å². The average Bonchev–Trinajstić information content (AvgIpc) is 3.55. The number of ether oxygens (including phenoxy) is 2. The number of aryl methyl sites for hydroxylation is 1. The zero-order chi connectivity index (χ0) is 26.3. The molecule has 11 heteroatoms. The highest BCUT2D eigenvalue weighted by atomic mass is 16.5. The number of methoxy groups -OCH3 is 1. The number of hydrogen-bond acceptors (Lipinski definition) is 8. The molecule has 2 aliphatic rings. The van der Waals surface area contributed by atoms with Crippen molar-refractivity contribution < 1.29 is 29.3 Å². The van der Waals surface area contributed by atoms with Gasteiger partial charge in [-0.2, -0.15) is 0 Å². The van der Waals surface area contributed by atoms with Gasteiger partial charge in [0, 0.05) is 24.3 Å². The Labute approximate surface area is 213 Å². The summed E-state index contributed by atoms with van der Waals surface area (Å²) in [5.41, 5.74) is 3.22. The van der Waals surface area contributed by atoms with Crippen LogP contribution in [0.5, 0.6) is 11.5 Å². The molecule has 3 heterocycles. The SMILES string of the molecule is COc1ccc(OCC2CC2)c(-c2ncnc3c(C(=O)NC4CN(C(=O)[C@H](C)O)C[C@H]4O)c(C)[nH]c23)c1. The molecule has 1 aliphatic heterocycles. The largest absolute Gasteiger partial charge is 0.497 e. The molecule has 3 aromatic rings. The zero-order valence-electron chi connectivity index (χ0n) is 21.0. The van der Waals surface area contributed by atoms with Gasteiger partial charge in [0.25, 0.3) is 11.8 Å². The number of rotatable bonds is 8. The summed E-state index contributed by atoms with van der Waals surface area (Å²) in [6.07, 6.45) is 1.60. The quantitative estimate of drug-likeness (QED) is 0.356. The van der Waals surface area contributed by atoms with Gasteiger partial charge >= 0.3 is 0 Å². The first-order valence-electron chi connectivity index (χ1n) is 12.4. The van der Waals surface area contributed by atoms with Gasteiger partial charge in [-0.1, -0.05) is 0 Å². The van der Waals surface area contributed by atoms with Gasteiger partial charge in [0.15, 0.2) is 0 Å². The van der Waals surface area contributed by atoms with E-state index in [1.165, 1.54) is 18.2 Å². The van der Waals surface area contributed by atoms with Gasteiger partial charge in [0.05, 0.1) is 36.9 Å². The minimum atomic E-state index is -1.18. The number of aromatic amines is 1. The Bertz CT molecular complexity index is 1330. The fraction of sp³-hybridized carbons (Fsp3) is 0.462. The van der Waals surface area contributed by atoms with Crippen molar-refractivity contribution in [1.29, 1.82) is 0 Å². The summed E-state index contributed by atoms with van der Waals surface area (Å²) in [5.74, 6) is 0.964. The van der Waals surface area contributed by atoms with Crippen LogP contribution < -0.4 is 14.8 Å². The van der Waals surface area contributed by atoms with E-state index in [4.69, 9.17) is 9.47 Å². The number of aliphatic hydroxyl groups excluding tert-OH is 2. The first-order chi connectivity index (χ1) is 17.8. The first-order valence-corrected chi connectivity index (χ1v) is 12.4. The molecule has 37 heavy (non-hydrogen) atoms. The molecule has 2 aromatic heterocycles. The van der Waals surface area contributed by atoms with Crippen molar-refractivity contribution in [2.75, 3.05) is 26.8 Å². The average molecular weight is 510 g/mol. The van der Waals surface area contributed by atoms with E-state index >= 15 is 0 Å². The highest BCUT2D eigenvalue weighted by Crippen LogP contribution is 2.38. The fourth-order valence-corrected chi connectivity index (χ4v) is 4.66. The van der Waals surface area contributed by atoms with Crippen molar-refractivity contribution in [3.8, 4) is 22.8 Å². The number of β-amino-alcohol motifs (C(OH)–C–C–N with tert-alkyl or cyclic N) is 1. The number of benzene rings is 1. The molecule has 1 saturated heterocycles. The second kappa shape index (κ2) is 9.98. The lowest BCUT2D eigenvalue weighted by Gasteiger charge is -2.18. The molecule has 0 spiro atoms. The van der Waals surface area contributed by atoms with E-state index in [1.807, 2.05) is 18.2 Å². The molecule has 196 valence electrons. The summed E-state index contributed by atoms with van der Waals surface area (Å²) in [6, 6.07) is 4.86. The van der Waals surface area contributed by atoms with Crippen LogP contribution in [0.25, 0.3) is 22.3 Å². The van der Waals surface area contributed by atoms with Crippen LogP contribution in [0.15, 0.2) is 24.5 Å². The number of likely N-dealkylation sites (tertiary alicyclic amines) is 1. The Balaban J connectivity index is 1.45. The Kier molecular flexibility index (Phi) is 6.74. The summed E-state index contributed by atoms with van der Waals surface area (Å²) in [7, 11) is 1.59. The lowest BCUT2D eigenvalue weighted by Crippen LogP contribution is -2.43. The number of carbonyl (C=O) groups is 2. The van der Waals surface area contributed by atoms with E-state index in [2.05, 4.69) is 20.3 Å². The lowest BCUT2D eigenvalue weighted by molar-refractivity contribution is -0.138. The number of H-pyrrole nitrogens is 1. The van der Waals surface area contributed by atoms with Gasteiger partial charge in [-0.05, 0) is 50.8 Å². The molecule has 11 nitrogen and oxygen atoms in total. The number of nitrogens with one attached hydrogen (secondary N) is 2. The maximum Gasteiger partial charge on any atom is 0.255 e. The third-order valence-corrected chi connectivity index (χ3v) is 6.89. The monoisotopic (exact) mass is 509 g/mol. The maximum atomic E-state index is 13.4. The Morgan fingerprint density at radius 1 is 1.27 bits per heavy atom. The van der Waals surface area contributed by atoms with Gasteiger partial charge in [0.1, 0.15) is 35.1 Å². The number of hydrogen-bond donors (Lipinski definition) is 4. The summed E-state index contributed by atoms with van der Waals surface area (Å²) < 4.78 is 11.5. The Hall–Kier alpha value is -3.70. The molecule has 2 amide bonds. The van der Waals surface area contributed by atoms with Crippen molar-refractivity contribution in [2.24, 2.45) is 5.92 Å². The number of aliphatic hydroxyl groups is 2. The molecule has 1 saturated carbocycles. The normalized spacial score (nSPS) is 20.2. The highest BCUT2D eigenvalue weighted by molar-refractivity contribution is 6.09. The summed E-state index contributed by atoms with van der Waals surface area (Å²) in [5, 5.41) is 22.8. The minimum Gasteiger partial charge on any atom is -0.497 e. The molecule has 3 atom stereocenters. The van der Waals surface area contributed by atoms with Crippen LogP contribution in [0.1, 0.15) is 35.8 Å². The van der Waals surface area contributed by atoms with Crippen LogP contribution in [-0.4, -0.2) is 86.9 Å². The predicted molar refractivity (Wildman–Crippen MR) is 134 cm³/mol. The van der Waals surface area contributed by atoms with Crippen LogP contribution in [0, 0.1) is 12.8 Å². The standard InChI is InChI=1S/C26H31N5O6/c1-13-21(25(34)30-18-9-31(10-19(18)33)26(35)14(2)32)23-24(29-13)22(27-12-28-23)17-8-16(36-3)6-7-20(17)37-11-15-4-5-15/h6-8,12,14-15,18-19,29,32-33H,4-5,9-11H2,1-3H3,(H,30,34)/t14-,18?,19+/m0/s1. The topological polar surface area (TPSA) is 150 Å². The molecule has 2 fully saturated rings. The van der Waals surface area contributed by atoms with Crippen molar-refractivity contribution >= 4 is 22.8 Å². The number of carbonyl (C=O) groups excluding carboxylic acids is 2. The highest BCUT2D eigenvalue weighted by Gasteiger charge is 2.37. The van der Waals surface area contributed by atoms with E-state index in [0.29, 0.717) is 52.0 Å². The van der Waals surface area contributed by atoms with Gasteiger partial charge in [-0.3, -0.25) is 9.59 Å². The van der Waals surface area contributed by atoms with Crippen LogP contribution >= 0.6 is 0 Å². The van der Waals surface area contributed by atoms with Gasteiger partial charge in [-0.15, -0.1) is 0 Å². The number of aromatic nitrogens is 3. The molecular weight excluding hydrogens is 478 g/mol. The number of fused-ring (bicyclic) bond motifs is 1. The Morgan fingerprint density at radius 3 is 2.76 bits per heavy atom.